The topological polar surface area (TPSA) is 76.5 Å². The second-order valence-corrected chi connectivity index (χ2v) is 7.86. The van der Waals surface area contributed by atoms with Crippen molar-refractivity contribution in [2.24, 2.45) is 0 Å². The number of rotatable bonds is 7. The summed E-state index contributed by atoms with van der Waals surface area (Å²) in [5, 5.41) is 3.52. The molecule has 1 aliphatic rings. The lowest BCUT2D eigenvalue weighted by Gasteiger charge is -2.26. The normalized spacial score (nSPS) is 14.6. The van der Waals surface area contributed by atoms with Crippen molar-refractivity contribution < 1.29 is 9.53 Å². The Hall–Kier alpha value is -3.03. The smallest absolute Gasteiger partial charge is 0.261 e. The Balaban J connectivity index is 1.29. The number of amides is 1. The number of nitrogens with zero attached hydrogens (tertiary/aromatic N) is 3. The van der Waals surface area contributed by atoms with E-state index in [4.69, 9.17) is 4.74 Å². The first-order valence-electron chi connectivity index (χ1n) is 10.7. The highest BCUT2D eigenvalue weighted by molar-refractivity contribution is 5.78. The van der Waals surface area contributed by atoms with Gasteiger partial charge in [-0.3, -0.25) is 19.1 Å². The van der Waals surface area contributed by atoms with Gasteiger partial charge in [0.15, 0.2) is 0 Å². The second-order valence-electron chi connectivity index (χ2n) is 7.86. The van der Waals surface area contributed by atoms with Crippen LogP contribution in [-0.4, -0.2) is 46.7 Å². The van der Waals surface area contributed by atoms with E-state index in [2.05, 4.69) is 39.5 Å². The monoisotopic (exact) mass is 420 g/mol. The Kier molecular flexibility index (Phi) is 6.74. The van der Waals surface area contributed by atoms with E-state index in [-0.39, 0.29) is 17.9 Å². The van der Waals surface area contributed by atoms with Gasteiger partial charge in [-0.05, 0) is 30.2 Å². The molecule has 1 aliphatic heterocycles. The second kappa shape index (κ2) is 9.85. The maximum absolute atomic E-state index is 12.7. The number of hydrogen-bond acceptors (Lipinski definition) is 5. The minimum atomic E-state index is -0.105. The molecule has 1 aromatic heterocycles. The summed E-state index contributed by atoms with van der Waals surface area (Å²) in [6, 6.07) is 15.6. The summed E-state index contributed by atoms with van der Waals surface area (Å²) in [5.41, 5.74) is 2.89. The molecule has 1 N–H and O–H groups in total. The number of morpholine rings is 1. The van der Waals surface area contributed by atoms with Crippen molar-refractivity contribution in [2.45, 2.75) is 33.0 Å². The van der Waals surface area contributed by atoms with Gasteiger partial charge in [-0.1, -0.05) is 36.4 Å². The number of carbonyl (C=O) groups excluding carboxylic acids is 1. The molecule has 0 spiro atoms. The van der Waals surface area contributed by atoms with Crippen LogP contribution in [0.1, 0.15) is 23.4 Å². The van der Waals surface area contributed by atoms with Gasteiger partial charge in [0.05, 0.1) is 24.1 Å². The first kappa shape index (κ1) is 21.2. The molecule has 162 valence electrons. The van der Waals surface area contributed by atoms with Crippen LogP contribution >= 0.6 is 0 Å². The Morgan fingerprint density at radius 2 is 1.77 bits per heavy atom. The van der Waals surface area contributed by atoms with Crippen molar-refractivity contribution in [1.82, 2.24) is 19.8 Å². The average Bonchev–Trinajstić information content (AvgIpc) is 2.79. The summed E-state index contributed by atoms with van der Waals surface area (Å²) in [6.07, 6.45) is 0.232. The molecular formula is C24H28N4O3. The van der Waals surface area contributed by atoms with E-state index in [1.807, 2.05) is 18.2 Å². The Morgan fingerprint density at radius 1 is 1.06 bits per heavy atom. The largest absolute Gasteiger partial charge is 0.379 e. The predicted octanol–water partition coefficient (Wildman–Crippen LogP) is 2.24. The molecule has 1 amide bonds. The third-order valence-corrected chi connectivity index (χ3v) is 5.64. The fourth-order valence-electron chi connectivity index (χ4n) is 3.82. The van der Waals surface area contributed by atoms with Crippen LogP contribution in [0.15, 0.2) is 53.3 Å². The SMILES string of the molecule is Cc1nc2ccccc2c(=O)n1CCC(=O)NCc1ccc(CN2CCOCC2)cc1. The van der Waals surface area contributed by atoms with Gasteiger partial charge >= 0.3 is 0 Å². The molecule has 4 rings (SSSR count). The summed E-state index contributed by atoms with van der Waals surface area (Å²) in [4.78, 5) is 31.9. The maximum atomic E-state index is 12.7. The lowest BCUT2D eigenvalue weighted by Crippen LogP contribution is -2.35. The van der Waals surface area contributed by atoms with Crippen LogP contribution in [0.4, 0.5) is 0 Å². The first-order valence-corrected chi connectivity index (χ1v) is 10.7. The number of para-hydroxylation sites is 1. The van der Waals surface area contributed by atoms with Crippen LogP contribution in [0.3, 0.4) is 0 Å². The van der Waals surface area contributed by atoms with Crippen LogP contribution in [0.5, 0.6) is 0 Å². The molecular weight excluding hydrogens is 392 g/mol. The molecule has 2 heterocycles. The van der Waals surface area contributed by atoms with Crippen LogP contribution in [0.25, 0.3) is 10.9 Å². The highest BCUT2D eigenvalue weighted by Gasteiger charge is 2.11. The highest BCUT2D eigenvalue weighted by Crippen LogP contribution is 2.10. The standard InChI is InChI=1S/C24H28N4O3/c1-18-26-22-5-3-2-4-21(22)24(30)28(18)11-10-23(29)25-16-19-6-8-20(9-7-19)17-27-12-14-31-15-13-27/h2-9H,10-17H2,1H3,(H,25,29). The molecule has 1 saturated heterocycles. The molecule has 7 heteroatoms. The quantitative estimate of drug-likeness (QED) is 0.634. The van der Waals surface area contributed by atoms with E-state index < -0.39 is 0 Å². The van der Waals surface area contributed by atoms with Crippen molar-refractivity contribution in [3.8, 4) is 0 Å². The summed E-state index contributed by atoms with van der Waals surface area (Å²) < 4.78 is 6.96. The number of nitrogens with one attached hydrogen (secondary N) is 1. The molecule has 0 unspecified atom stereocenters. The molecule has 31 heavy (non-hydrogen) atoms. The van der Waals surface area contributed by atoms with Gasteiger partial charge < -0.3 is 10.1 Å². The van der Waals surface area contributed by atoms with Crippen molar-refractivity contribution >= 4 is 16.8 Å². The van der Waals surface area contributed by atoms with Crippen molar-refractivity contribution in [1.29, 1.82) is 0 Å². The third-order valence-electron chi connectivity index (χ3n) is 5.64. The molecule has 0 saturated carbocycles. The van der Waals surface area contributed by atoms with Gasteiger partial charge in [0.1, 0.15) is 5.82 Å². The number of aryl methyl sites for hydroxylation is 1. The Bertz CT molecular complexity index is 1100. The van der Waals surface area contributed by atoms with Gasteiger partial charge in [-0.2, -0.15) is 0 Å². The van der Waals surface area contributed by atoms with E-state index >= 15 is 0 Å². The van der Waals surface area contributed by atoms with E-state index in [1.165, 1.54) is 5.56 Å². The van der Waals surface area contributed by atoms with Gasteiger partial charge in [-0.15, -0.1) is 0 Å². The number of carbonyl (C=O) groups is 1. The minimum Gasteiger partial charge on any atom is -0.379 e. The molecule has 0 atom stereocenters. The van der Waals surface area contributed by atoms with Crippen LogP contribution in [-0.2, 0) is 29.2 Å². The molecule has 1 fully saturated rings. The van der Waals surface area contributed by atoms with E-state index in [0.717, 1.165) is 38.4 Å². The minimum absolute atomic E-state index is 0.0862. The summed E-state index contributed by atoms with van der Waals surface area (Å²) >= 11 is 0. The zero-order chi connectivity index (χ0) is 21.6. The van der Waals surface area contributed by atoms with E-state index in [9.17, 15) is 9.59 Å². The van der Waals surface area contributed by atoms with Crippen LogP contribution in [0.2, 0.25) is 0 Å². The third kappa shape index (κ3) is 5.37. The van der Waals surface area contributed by atoms with Crippen molar-refractivity contribution in [3.63, 3.8) is 0 Å². The maximum Gasteiger partial charge on any atom is 0.261 e. The Morgan fingerprint density at radius 3 is 2.55 bits per heavy atom. The summed E-state index contributed by atoms with van der Waals surface area (Å²) in [5.74, 6) is 0.532. The number of ether oxygens (including phenoxy) is 1. The highest BCUT2D eigenvalue weighted by atomic mass is 16.5. The number of benzene rings is 2. The summed E-state index contributed by atoms with van der Waals surface area (Å²) in [6.45, 7) is 7.03. The molecule has 0 radical (unpaired) electrons. The molecule has 0 aliphatic carbocycles. The number of aromatic nitrogens is 2. The number of hydrogen-bond donors (Lipinski definition) is 1. The Labute approximate surface area is 181 Å². The van der Waals surface area contributed by atoms with E-state index in [0.29, 0.717) is 29.8 Å². The predicted molar refractivity (Wildman–Crippen MR) is 120 cm³/mol. The zero-order valence-electron chi connectivity index (χ0n) is 17.8. The van der Waals surface area contributed by atoms with Gasteiger partial charge in [0.2, 0.25) is 5.91 Å². The van der Waals surface area contributed by atoms with Gasteiger partial charge in [0, 0.05) is 39.1 Å². The van der Waals surface area contributed by atoms with Gasteiger partial charge in [0.25, 0.3) is 5.56 Å². The van der Waals surface area contributed by atoms with Crippen LogP contribution in [0, 0.1) is 6.92 Å². The average molecular weight is 421 g/mol. The molecule has 0 bridgehead atoms. The van der Waals surface area contributed by atoms with Gasteiger partial charge in [-0.25, -0.2) is 4.98 Å². The van der Waals surface area contributed by atoms with Crippen LogP contribution < -0.4 is 10.9 Å². The lowest BCUT2D eigenvalue weighted by atomic mass is 10.1. The van der Waals surface area contributed by atoms with Crippen molar-refractivity contribution in [2.75, 3.05) is 26.3 Å². The zero-order valence-corrected chi connectivity index (χ0v) is 17.8. The molecule has 3 aromatic rings. The first-order chi connectivity index (χ1) is 15.1. The number of fused-ring (bicyclic) bond motifs is 1. The lowest BCUT2D eigenvalue weighted by molar-refractivity contribution is -0.121. The fourth-order valence-corrected chi connectivity index (χ4v) is 3.82. The molecule has 7 nitrogen and oxygen atoms in total. The fraction of sp³-hybridized carbons (Fsp3) is 0.375. The van der Waals surface area contributed by atoms with E-state index in [1.54, 1.807) is 17.6 Å². The molecule has 2 aromatic carbocycles. The van der Waals surface area contributed by atoms with Crippen molar-refractivity contribution in [3.05, 3.63) is 75.8 Å². The summed E-state index contributed by atoms with van der Waals surface area (Å²) in [7, 11) is 0.